The molecule has 0 atom stereocenters. The van der Waals surface area contributed by atoms with Gasteiger partial charge in [0, 0.05) is 17.3 Å². The summed E-state index contributed by atoms with van der Waals surface area (Å²) in [7, 11) is 3.13. The summed E-state index contributed by atoms with van der Waals surface area (Å²) >= 11 is 0. The maximum Gasteiger partial charge on any atom is 0.260 e. The summed E-state index contributed by atoms with van der Waals surface area (Å²) in [6.07, 6.45) is 6.15. The predicted octanol–water partition coefficient (Wildman–Crippen LogP) is 7.39. The van der Waals surface area contributed by atoms with E-state index in [1.807, 2.05) is 18.2 Å². The standard InChI is InChI=1S/C33H32F2N4O3/c1-41-24-16-13-22(28(17-24)42-2)18-39-19-27-30(33(39)40)32(38-31(37-27)29-25(34)9-6-10-26(29)35)36-23-14-11-21(12-15-23)20-7-4-3-5-8-20/h6,9-17,20H,3-5,7-8,18-19H2,1-2H3,(H,36,37,38). The van der Waals surface area contributed by atoms with E-state index in [2.05, 4.69) is 27.4 Å². The number of rotatable bonds is 8. The van der Waals surface area contributed by atoms with Crippen LogP contribution in [0.3, 0.4) is 0 Å². The number of benzene rings is 3. The molecule has 2 heterocycles. The molecular weight excluding hydrogens is 538 g/mol. The third kappa shape index (κ3) is 5.38. The molecule has 1 saturated carbocycles. The number of halogens is 2. The molecule has 1 aromatic heterocycles. The Morgan fingerprint density at radius 3 is 2.33 bits per heavy atom. The van der Waals surface area contributed by atoms with Gasteiger partial charge in [0.05, 0.1) is 38.6 Å². The molecule has 2 aliphatic rings. The lowest BCUT2D eigenvalue weighted by Crippen LogP contribution is -2.24. The highest BCUT2D eigenvalue weighted by atomic mass is 19.1. The van der Waals surface area contributed by atoms with Crippen molar-refractivity contribution in [1.82, 2.24) is 14.9 Å². The lowest BCUT2D eigenvalue weighted by atomic mass is 9.84. The van der Waals surface area contributed by atoms with Gasteiger partial charge in [-0.15, -0.1) is 0 Å². The van der Waals surface area contributed by atoms with Crippen LogP contribution in [0.2, 0.25) is 0 Å². The number of anilines is 2. The summed E-state index contributed by atoms with van der Waals surface area (Å²) in [6, 6.07) is 17.1. The Kier molecular flexibility index (Phi) is 7.73. The second kappa shape index (κ2) is 11.8. The summed E-state index contributed by atoms with van der Waals surface area (Å²) in [5.41, 5.74) is 3.12. The molecule has 1 N–H and O–H groups in total. The molecule has 0 bridgehead atoms. The van der Waals surface area contributed by atoms with Gasteiger partial charge in [-0.3, -0.25) is 4.79 Å². The topological polar surface area (TPSA) is 76.6 Å². The van der Waals surface area contributed by atoms with Crippen molar-refractivity contribution in [3.8, 4) is 22.9 Å². The summed E-state index contributed by atoms with van der Waals surface area (Å²) < 4.78 is 40.4. The molecule has 0 saturated heterocycles. The molecular formula is C33H32F2N4O3. The molecule has 7 nitrogen and oxygen atoms in total. The highest BCUT2D eigenvalue weighted by Gasteiger charge is 2.34. The maximum absolute atomic E-state index is 14.8. The number of nitrogens with one attached hydrogen (secondary N) is 1. The average molecular weight is 571 g/mol. The van der Waals surface area contributed by atoms with Crippen molar-refractivity contribution in [2.75, 3.05) is 19.5 Å². The number of hydrogen-bond donors (Lipinski definition) is 1. The van der Waals surface area contributed by atoms with Gasteiger partial charge >= 0.3 is 0 Å². The van der Waals surface area contributed by atoms with Crippen LogP contribution in [0.25, 0.3) is 11.4 Å². The second-order valence-electron chi connectivity index (χ2n) is 10.7. The van der Waals surface area contributed by atoms with E-state index in [9.17, 15) is 13.6 Å². The minimum atomic E-state index is -0.776. The van der Waals surface area contributed by atoms with Gasteiger partial charge in [0.2, 0.25) is 0 Å². The largest absolute Gasteiger partial charge is 0.497 e. The Labute approximate surface area is 243 Å². The molecule has 0 unspecified atom stereocenters. The number of ether oxygens (including phenoxy) is 2. The van der Waals surface area contributed by atoms with Gasteiger partial charge in [0.15, 0.2) is 5.82 Å². The molecule has 1 aliphatic carbocycles. The van der Waals surface area contributed by atoms with Gasteiger partial charge < -0.3 is 19.7 Å². The van der Waals surface area contributed by atoms with E-state index in [1.54, 1.807) is 31.3 Å². The van der Waals surface area contributed by atoms with Crippen LogP contribution in [-0.2, 0) is 13.1 Å². The Bertz CT molecular complexity index is 1600. The zero-order chi connectivity index (χ0) is 29.2. The van der Waals surface area contributed by atoms with Crippen LogP contribution in [0, 0.1) is 11.6 Å². The molecule has 1 fully saturated rings. The van der Waals surface area contributed by atoms with E-state index in [0.29, 0.717) is 23.1 Å². The fraction of sp³-hybridized carbons (Fsp3) is 0.303. The average Bonchev–Trinajstić information content (AvgIpc) is 3.32. The van der Waals surface area contributed by atoms with E-state index >= 15 is 0 Å². The number of fused-ring (bicyclic) bond motifs is 1. The summed E-state index contributed by atoms with van der Waals surface area (Å²) in [6.45, 7) is 0.380. The van der Waals surface area contributed by atoms with Crippen LogP contribution >= 0.6 is 0 Å². The normalized spacial score (nSPS) is 15.0. The van der Waals surface area contributed by atoms with Crippen molar-refractivity contribution >= 4 is 17.4 Å². The Balaban J connectivity index is 1.35. The first-order valence-electron chi connectivity index (χ1n) is 14.2. The minimum absolute atomic E-state index is 0.123. The van der Waals surface area contributed by atoms with Crippen LogP contribution in [0.1, 0.15) is 65.2 Å². The van der Waals surface area contributed by atoms with Crippen molar-refractivity contribution in [2.45, 2.75) is 51.1 Å². The maximum atomic E-state index is 14.8. The van der Waals surface area contributed by atoms with E-state index in [-0.39, 0.29) is 41.8 Å². The molecule has 0 radical (unpaired) electrons. The van der Waals surface area contributed by atoms with E-state index in [1.165, 1.54) is 55.9 Å². The van der Waals surface area contributed by atoms with Crippen LogP contribution in [0.5, 0.6) is 11.5 Å². The van der Waals surface area contributed by atoms with E-state index in [4.69, 9.17) is 9.47 Å². The Hall–Kier alpha value is -4.53. The van der Waals surface area contributed by atoms with Crippen LogP contribution < -0.4 is 14.8 Å². The smallest absolute Gasteiger partial charge is 0.260 e. The zero-order valence-electron chi connectivity index (χ0n) is 23.6. The van der Waals surface area contributed by atoms with Crippen molar-refractivity contribution in [3.05, 3.63) is 94.7 Å². The van der Waals surface area contributed by atoms with Gasteiger partial charge in [-0.05, 0) is 60.7 Å². The van der Waals surface area contributed by atoms with Crippen molar-refractivity contribution in [3.63, 3.8) is 0 Å². The molecule has 3 aromatic carbocycles. The molecule has 4 aromatic rings. The molecule has 6 rings (SSSR count). The number of methoxy groups -OCH3 is 2. The number of hydrogen-bond acceptors (Lipinski definition) is 6. The summed E-state index contributed by atoms with van der Waals surface area (Å²) in [5.74, 6) is 0.00899. The van der Waals surface area contributed by atoms with Gasteiger partial charge in [0.1, 0.15) is 34.5 Å². The number of amides is 1. The van der Waals surface area contributed by atoms with Crippen LogP contribution in [0.4, 0.5) is 20.3 Å². The SMILES string of the molecule is COc1ccc(CN2Cc3nc(-c4c(F)cccc4F)nc(Nc4ccc(C5CCCCC5)cc4)c3C2=O)c(OC)c1. The van der Waals surface area contributed by atoms with Crippen LogP contribution in [0.15, 0.2) is 60.7 Å². The number of aromatic nitrogens is 2. The molecule has 9 heteroatoms. The first-order valence-corrected chi connectivity index (χ1v) is 14.2. The third-order valence-corrected chi connectivity index (χ3v) is 8.12. The molecule has 42 heavy (non-hydrogen) atoms. The van der Waals surface area contributed by atoms with E-state index < -0.39 is 11.6 Å². The number of carbonyl (C=O) groups is 1. The second-order valence-corrected chi connectivity index (χ2v) is 10.7. The van der Waals surface area contributed by atoms with Crippen molar-refractivity contribution in [1.29, 1.82) is 0 Å². The summed E-state index contributed by atoms with van der Waals surface area (Å²) in [4.78, 5) is 24.4. The minimum Gasteiger partial charge on any atom is -0.497 e. The fourth-order valence-corrected chi connectivity index (χ4v) is 5.90. The molecule has 216 valence electrons. The van der Waals surface area contributed by atoms with Gasteiger partial charge in [-0.1, -0.05) is 37.5 Å². The monoisotopic (exact) mass is 570 g/mol. The lowest BCUT2D eigenvalue weighted by molar-refractivity contribution is 0.0765. The summed E-state index contributed by atoms with van der Waals surface area (Å²) in [5, 5.41) is 3.25. The highest BCUT2D eigenvalue weighted by Crippen LogP contribution is 2.36. The quantitative estimate of drug-likeness (QED) is 0.238. The molecule has 1 amide bonds. The van der Waals surface area contributed by atoms with Crippen molar-refractivity contribution in [2.24, 2.45) is 0 Å². The third-order valence-electron chi connectivity index (χ3n) is 8.12. The first kappa shape index (κ1) is 27.6. The Morgan fingerprint density at radius 1 is 0.905 bits per heavy atom. The molecule has 0 spiro atoms. The fourth-order valence-electron chi connectivity index (χ4n) is 5.90. The highest BCUT2D eigenvalue weighted by molar-refractivity contribution is 6.03. The van der Waals surface area contributed by atoms with Gasteiger partial charge in [-0.25, -0.2) is 18.7 Å². The first-order chi connectivity index (χ1) is 20.4. The Morgan fingerprint density at radius 2 is 1.64 bits per heavy atom. The lowest BCUT2D eigenvalue weighted by Gasteiger charge is -2.22. The van der Waals surface area contributed by atoms with Gasteiger partial charge in [-0.2, -0.15) is 0 Å². The zero-order valence-corrected chi connectivity index (χ0v) is 23.6. The predicted molar refractivity (Wildman–Crippen MR) is 156 cm³/mol. The van der Waals surface area contributed by atoms with Crippen LogP contribution in [-0.4, -0.2) is 35.0 Å². The van der Waals surface area contributed by atoms with Gasteiger partial charge in [0.25, 0.3) is 5.91 Å². The van der Waals surface area contributed by atoms with E-state index in [0.717, 1.165) is 11.3 Å². The number of nitrogens with zero attached hydrogens (tertiary/aromatic N) is 3. The van der Waals surface area contributed by atoms with Crippen molar-refractivity contribution < 1.29 is 23.0 Å². The number of carbonyl (C=O) groups excluding carboxylic acids is 1. The molecule has 1 aliphatic heterocycles.